The van der Waals surface area contributed by atoms with Crippen molar-refractivity contribution in [3.8, 4) is 5.75 Å². The van der Waals surface area contributed by atoms with Gasteiger partial charge in [0.2, 0.25) is 0 Å². The Morgan fingerprint density at radius 1 is 1.27 bits per heavy atom. The molecule has 0 N–H and O–H groups in total. The van der Waals surface area contributed by atoms with Crippen molar-refractivity contribution in [1.29, 1.82) is 0 Å². The lowest BCUT2D eigenvalue weighted by atomic mass is 9.81. The molecule has 0 fully saturated rings. The van der Waals surface area contributed by atoms with E-state index in [9.17, 15) is 4.39 Å². The van der Waals surface area contributed by atoms with E-state index in [4.69, 9.17) is 4.74 Å². The SMILES string of the molecule is CC1c2cccc(F)c2OC1C(C)(C)C. The zero-order valence-electron chi connectivity index (χ0n) is 9.67. The van der Waals surface area contributed by atoms with Crippen molar-refractivity contribution in [3.05, 3.63) is 29.6 Å². The summed E-state index contributed by atoms with van der Waals surface area (Å²) in [5.74, 6) is 0.465. The number of fused-ring (bicyclic) bond motifs is 1. The standard InChI is InChI=1S/C13H17FO/c1-8-9-6-5-7-10(14)11(9)15-12(8)13(2,3)4/h5-8,12H,1-4H3. The monoisotopic (exact) mass is 208 g/mol. The molecular weight excluding hydrogens is 191 g/mol. The molecule has 0 aromatic heterocycles. The van der Waals surface area contributed by atoms with Crippen molar-refractivity contribution < 1.29 is 9.13 Å². The zero-order chi connectivity index (χ0) is 11.2. The maximum absolute atomic E-state index is 13.5. The number of ether oxygens (including phenoxy) is 1. The third-order valence-electron chi connectivity index (χ3n) is 3.04. The highest BCUT2D eigenvalue weighted by molar-refractivity contribution is 5.42. The Balaban J connectivity index is 2.42. The van der Waals surface area contributed by atoms with Gasteiger partial charge < -0.3 is 4.74 Å². The Morgan fingerprint density at radius 2 is 1.93 bits per heavy atom. The maximum Gasteiger partial charge on any atom is 0.165 e. The highest BCUT2D eigenvalue weighted by atomic mass is 19.1. The van der Waals surface area contributed by atoms with Gasteiger partial charge in [-0.15, -0.1) is 0 Å². The second-order valence-electron chi connectivity index (χ2n) is 5.35. The molecule has 0 amide bonds. The number of para-hydroxylation sites is 1. The molecule has 15 heavy (non-hydrogen) atoms. The number of hydrogen-bond donors (Lipinski definition) is 0. The van der Waals surface area contributed by atoms with E-state index in [1.54, 1.807) is 6.07 Å². The summed E-state index contributed by atoms with van der Waals surface area (Å²) in [6, 6.07) is 5.16. The predicted molar refractivity (Wildman–Crippen MR) is 58.7 cm³/mol. The molecule has 1 nitrogen and oxygen atoms in total. The minimum atomic E-state index is -0.244. The molecule has 1 aliphatic rings. The maximum atomic E-state index is 13.5. The lowest BCUT2D eigenvalue weighted by Gasteiger charge is -2.29. The first-order valence-electron chi connectivity index (χ1n) is 5.36. The molecule has 0 bridgehead atoms. The van der Waals surface area contributed by atoms with Gasteiger partial charge in [0.05, 0.1) is 0 Å². The number of benzene rings is 1. The van der Waals surface area contributed by atoms with E-state index < -0.39 is 0 Å². The molecule has 1 aromatic carbocycles. The van der Waals surface area contributed by atoms with Gasteiger partial charge in [-0.25, -0.2) is 4.39 Å². The first kappa shape index (κ1) is 10.5. The fourth-order valence-corrected chi connectivity index (χ4v) is 2.33. The molecule has 0 radical (unpaired) electrons. The largest absolute Gasteiger partial charge is 0.486 e. The van der Waals surface area contributed by atoms with Crippen LogP contribution in [0.3, 0.4) is 0 Å². The van der Waals surface area contributed by atoms with Gasteiger partial charge in [-0.2, -0.15) is 0 Å². The first-order valence-corrected chi connectivity index (χ1v) is 5.36. The topological polar surface area (TPSA) is 9.23 Å². The molecule has 82 valence electrons. The fraction of sp³-hybridized carbons (Fsp3) is 0.538. The van der Waals surface area contributed by atoms with Crippen LogP contribution in [0, 0.1) is 11.2 Å². The van der Waals surface area contributed by atoms with Gasteiger partial charge in [0.1, 0.15) is 6.10 Å². The summed E-state index contributed by atoms with van der Waals surface area (Å²) < 4.78 is 19.2. The molecule has 0 aliphatic carbocycles. The van der Waals surface area contributed by atoms with Crippen LogP contribution >= 0.6 is 0 Å². The third kappa shape index (κ3) is 1.62. The molecule has 0 saturated heterocycles. The number of halogens is 1. The van der Waals surface area contributed by atoms with Gasteiger partial charge in [-0.05, 0) is 11.5 Å². The quantitative estimate of drug-likeness (QED) is 0.631. The molecule has 1 heterocycles. The van der Waals surface area contributed by atoms with Crippen molar-refractivity contribution in [2.24, 2.45) is 5.41 Å². The molecule has 0 spiro atoms. The minimum absolute atomic E-state index is 0.0326. The molecular formula is C13H17FO. The average molecular weight is 208 g/mol. The smallest absolute Gasteiger partial charge is 0.165 e. The van der Waals surface area contributed by atoms with Crippen LogP contribution in [-0.2, 0) is 0 Å². The average Bonchev–Trinajstić information content (AvgIpc) is 2.45. The van der Waals surface area contributed by atoms with E-state index in [-0.39, 0.29) is 23.3 Å². The van der Waals surface area contributed by atoms with Crippen LogP contribution in [-0.4, -0.2) is 6.10 Å². The van der Waals surface area contributed by atoms with Crippen molar-refractivity contribution in [2.75, 3.05) is 0 Å². The van der Waals surface area contributed by atoms with E-state index in [0.29, 0.717) is 5.75 Å². The van der Waals surface area contributed by atoms with Gasteiger partial charge in [-0.1, -0.05) is 39.8 Å². The summed E-state index contributed by atoms with van der Waals surface area (Å²) in [6.07, 6.45) is 0.0596. The van der Waals surface area contributed by atoms with Crippen LogP contribution in [0.4, 0.5) is 4.39 Å². The van der Waals surface area contributed by atoms with Crippen LogP contribution in [0.1, 0.15) is 39.2 Å². The van der Waals surface area contributed by atoms with Crippen molar-refractivity contribution in [2.45, 2.75) is 39.7 Å². The molecule has 2 rings (SSSR count). The number of hydrogen-bond acceptors (Lipinski definition) is 1. The Bertz CT molecular complexity index is 379. The van der Waals surface area contributed by atoms with E-state index in [2.05, 4.69) is 27.7 Å². The van der Waals surface area contributed by atoms with Gasteiger partial charge in [0, 0.05) is 11.5 Å². The Hall–Kier alpha value is -1.05. The highest BCUT2D eigenvalue weighted by Crippen LogP contribution is 2.45. The van der Waals surface area contributed by atoms with Crippen LogP contribution < -0.4 is 4.74 Å². The van der Waals surface area contributed by atoms with Crippen LogP contribution in [0.2, 0.25) is 0 Å². The van der Waals surface area contributed by atoms with E-state index >= 15 is 0 Å². The van der Waals surface area contributed by atoms with Crippen LogP contribution in [0.25, 0.3) is 0 Å². The van der Waals surface area contributed by atoms with Gasteiger partial charge >= 0.3 is 0 Å². The normalized spacial score (nSPS) is 24.9. The first-order chi connectivity index (χ1) is 6.91. The molecule has 2 heteroatoms. The predicted octanol–water partition coefficient (Wildman–Crippen LogP) is 3.74. The van der Waals surface area contributed by atoms with Gasteiger partial charge in [0.25, 0.3) is 0 Å². The van der Waals surface area contributed by atoms with Gasteiger partial charge in [-0.3, -0.25) is 0 Å². The minimum Gasteiger partial charge on any atom is -0.486 e. The summed E-state index contributed by atoms with van der Waals surface area (Å²) in [7, 11) is 0. The zero-order valence-corrected chi connectivity index (χ0v) is 9.67. The Morgan fingerprint density at radius 3 is 2.47 bits per heavy atom. The van der Waals surface area contributed by atoms with E-state index in [1.165, 1.54) is 6.07 Å². The Kier molecular flexibility index (Phi) is 2.25. The van der Waals surface area contributed by atoms with E-state index in [0.717, 1.165) is 5.56 Å². The van der Waals surface area contributed by atoms with Gasteiger partial charge in [0.15, 0.2) is 11.6 Å². The summed E-state index contributed by atoms with van der Waals surface area (Å²) in [5, 5.41) is 0. The fourth-order valence-electron chi connectivity index (χ4n) is 2.33. The molecule has 1 aromatic rings. The summed E-state index contributed by atoms with van der Waals surface area (Å²) in [4.78, 5) is 0. The lowest BCUT2D eigenvalue weighted by molar-refractivity contribution is 0.0879. The van der Waals surface area contributed by atoms with E-state index in [1.807, 2.05) is 6.07 Å². The highest BCUT2D eigenvalue weighted by Gasteiger charge is 2.40. The second-order valence-corrected chi connectivity index (χ2v) is 5.35. The summed E-state index contributed by atoms with van der Waals surface area (Å²) in [5.41, 5.74) is 1.03. The Labute approximate surface area is 90.3 Å². The second kappa shape index (κ2) is 3.22. The van der Waals surface area contributed by atoms with Crippen molar-refractivity contribution in [3.63, 3.8) is 0 Å². The van der Waals surface area contributed by atoms with Crippen molar-refractivity contribution in [1.82, 2.24) is 0 Å². The van der Waals surface area contributed by atoms with Crippen LogP contribution in [0.15, 0.2) is 18.2 Å². The summed E-state index contributed by atoms with van der Waals surface area (Å²) >= 11 is 0. The third-order valence-corrected chi connectivity index (χ3v) is 3.04. The lowest BCUT2D eigenvalue weighted by Crippen LogP contribution is -2.32. The molecule has 2 atom stereocenters. The number of rotatable bonds is 0. The van der Waals surface area contributed by atoms with Crippen molar-refractivity contribution >= 4 is 0 Å². The molecule has 1 aliphatic heterocycles. The summed E-state index contributed by atoms with van der Waals surface area (Å²) in [6.45, 7) is 8.47. The molecule has 0 saturated carbocycles. The molecule has 2 unspecified atom stereocenters. The van der Waals surface area contributed by atoms with Crippen LogP contribution in [0.5, 0.6) is 5.75 Å².